The van der Waals surface area contributed by atoms with Crippen LogP contribution in [0.5, 0.6) is 0 Å². The SMILES string of the molecule is CC1CC(C)(C)CC(C)(C)CC(COC(C)(C)CC(C)(C)C=O)O1. The van der Waals surface area contributed by atoms with Crippen molar-refractivity contribution in [3.63, 3.8) is 0 Å². The molecular formula is C21H40O3. The van der Waals surface area contributed by atoms with Crippen LogP contribution in [0, 0.1) is 16.2 Å². The largest absolute Gasteiger partial charge is 0.373 e. The Morgan fingerprint density at radius 1 is 1.08 bits per heavy atom. The summed E-state index contributed by atoms with van der Waals surface area (Å²) in [6.45, 7) is 20.2. The molecule has 3 nitrogen and oxygen atoms in total. The number of hydrogen-bond acceptors (Lipinski definition) is 3. The second kappa shape index (κ2) is 7.45. The molecule has 0 N–H and O–H groups in total. The summed E-state index contributed by atoms with van der Waals surface area (Å²) in [7, 11) is 0. The third-order valence-electron chi connectivity index (χ3n) is 4.86. The van der Waals surface area contributed by atoms with Gasteiger partial charge in [0.25, 0.3) is 0 Å². The summed E-state index contributed by atoms with van der Waals surface area (Å²) in [4.78, 5) is 11.2. The Labute approximate surface area is 149 Å². The van der Waals surface area contributed by atoms with Crippen molar-refractivity contribution < 1.29 is 14.3 Å². The lowest BCUT2D eigenvalue weighted by atomic mass is 9.69. The predicted octanol–water partition coefficient (Wildman–Crippen LogP) is 5.41. The molecule has 0 bridgehead atoms. The van der Waals surface area contributed by atoms with Crippen LogP contribution < -0.4 is 0 Å². The highest BCUT2D eigenvalue weighted by molar-refractivity contribution is 5.58. The van der Waals surface area contributed by atoms with Crippen molar-refractivity contribution in [1.29, 1.82) is 0 Å². The first kappa shape index (κ1) is 21.6. The Kier molecular flexibility index (Phi) is 6.72. The standard InChI is InChI=1S/C21H40O3/c1-16-10-18(2,3)13-19(4,5)11-17(24-16)12-23-21(8,9)14-20(6,7)15-22/h15-17H,10-14H2,1-9H3. The van der Waals surface area contributed by atoms with Crippen LogP contribution in [-0.2, 0) is 14.3 Å². The van der Waals surface area contributed by atoms with E-state index in [4.69, 9.17) is 9.47 Å². The van der Waals surface area contributed by atoms with Crippen LogP contribution in [0.4, 0.5) is 0 Å². The number of ether oxygens (including phenoxy) is 2. The summed E-state index contributed by atoms with van der Waals surface area (Å²) < 4.78 is 12.5. The fraction of sp³-hybridized carbons (Fsp3) is 0.952. The molecule has 0 aliphatic carbocycles. The number of rotatable bonds is 6. The molecule has 2 unspecified atom stereocenters. The van der Waals surface area contributed by atoms with Crippen LogP contribution >= 0.6 is 0 Å². The molecule has 2 atom stereocenters. The van der Waals surface area contributed by atoms with Gasteiger partial charge >= 0.3 is 0 Å². The number of carbonyl (C=O) groups excluding carboxylic acids is 1. The van der Waals surface area contributed by atoms with Gasteiger partial charge in [-0.2, -0.15) is 0 Å². The van der Waals surface area contributed by atoms with Crippen molar-refractivity contribution in [3.8, 4) is 0 Å². The molecule has 142 valence electrons. The zero-order valence-corrected chi connectivity index (χ0v) is 17.5. The van der Waals surface area contributed by atoms with Crippen LogP contribution in [0.25, 0.3) is 0 Å². The minimum Gasteiger partial charge on any atom is -0.373 e. The fourth-order valence-corrected chi connectivity index (χ4v) is 4.87. The molecule has 1 rings (SSSR count). The molecule has 1 aliphatic rings. The molecule has 1 aliphatic heterocycles. The van der Waals surface area contributed by atoms with Crippen molar-refractivity contribution in [2.45, 2.75) is 106 Å². The maximum atomic E-state index is 11.2. The van der Waals surface area contributed by atoms with Crippen molar-refractivity contribution in [3.05, 3.63) is 0 Å². The van der Waals surface area contributed by atoms with Gasteiger partial charge in [0, 0.05) is 5.41 Å². The first-order valence-corrected chi connectivity index (χ1v) is 9.41. The van der Waals surface area contributed by atoms with Gasteiger partial charge in [-0.3, -0.25) is 0 Å². The van der Waals surface area contributed by atoms with Gasteiger partial charge in [0.2, 0.25) is 0 Å². The van der Waals surface area contributed by atoms with Gasteiger partial charge in [-0.05, 0) is 57.3 Å². The maximum Gasteiger partial charge on any atom is 0.125 e. The first-order chi connectivity index (χ1) is 10.7. The molecule has 0 radical (unpaired) electrons. The monoisotopic (exact) mass is 340 g/mol. The Hall–Kier alpha value is -0.410. The van der Waals surface area contributed by atoms with Crippen LogP contribution in [0.1, 0.15) is 88.0 Å². The van der Waals surface area contributed by atoms with E-state index in [9.17, 15) is 4.79 Å². The van der Waals surface area contributed by atoms with Crippen LogP contribution in [0.2, 0.25) is 0 Å². The van der Waals surface area contributed by atoms with E-state index >= 15 is 0 Å². The zero-order chi connectivity index (χ0) is 18.8. The lowest BCUT2D eigenvalue weighted by Crippen LogP contribution is -2.41. The normalized spacial score (nSPS) is 28.0. The minimum atomic E-state index is -0.359. The molecule has 0 aromatic carbocycles. The predicted molar refractivity (Wildman–Crippen MR) is 100 cm³/mol. The summed E-state index contributed by atoms with van der Waals surface area (Å²) in [6.07, 6.45) is 5.39. The minimum absolute atomic E-state index is 0.115. The molecule has 0 aromatic heterocycles. The van der Waals surface area contributed by atoms with Crippen molar-refractivity contribution in [1.82, 2.24) is 0 Å². The molecule has 0 saturated carbocycles. The van der Waals surface area contributed by atoms with Gasteiger partial charge in [0.05, 0.1) is 24.4 Å². The molecule has 1 fully saturated rings. The smallest absolute Gasteiger partial charge is 0.125 e. The molecule has 0 spiro atoms. The lowest BCUT2D eigenvalue weighted by Gasteiger charge is -2.43. The van der Waals surface area contributed by atoms with E-state index in [1.54, 1.807) is 0 Å². The van der Waals surface area contributed by atoms with Gasteiger partial charge in [0.15, 0.2) is 0 Å². The zero-order valence-electron chi connectivity index (χ0n) is 17.5. The number of aldehydes is 1. The van der Waals surface area contributed by atoms with Crippen molar-refractivity contribution in [2.75, 3.05) is 6.61 Å². The lowest BCUT2D eigenvalue weighted by molar-refractivity contribution is -0.138. The molecule has 1 saturated heterocycles. The summed E-state index contributed by atoms with van der Waals surface area (Å²) in [5.74, 6) is 0. The summed E-state index contributed by atoms with van der Waals surface area (Å²) in [5, 5.41) is 0. The Bertz CT molecular complexity index is 421. The van der Waals surface area contributed by atoms with E-state index in [1.165, 1.54) is 6.42 Å². The van der Waals surface area contributed by atoms with E-state index in [-0.39, 0.29) is 28.6 Å². The Morgan fingerprint density at radius 2 is 1.62 bits per heavy atom. The van der Waals surface area contributed by atoms with Crippen molar-refractivity contribution >= 4 is 6.29 Å². The van der Waals surface area contributed by atoms with Gasteiger partial charge in [-0.25, -0.2) is 0 Å². The Morgan fingerprint density at radius 3 is 2.17 bits per heavy atom. The number of carbonyl (C=O) groups is 1. The van der Waals surface area contributed by atoms with E-state index in [0.29, 0.717) is 18.4 Å². The average Bonchev–Trinajstić information content (AvgIpc) is 2.30. The van der Waals surface area contributed by atoms with Gasteiger partial charge in [-0.1, -0.05) is 41.5 Å². The second-order valence-corrected chi connectivity index (χ2v) is 10.8. The van der Waals surface area contributed by atoms with Gasteiger partial charge < -0.3 is 14.3 Å². The molecule has 0 amide bonds. The van der Waals surface area contributed by atoms with E-state index in [2.05, 4.69) is 48.5 Å². The molecule has 3 heteroatoms. The topological polar surface area (TPSA) is 35.5 Å². The molecule has 24 heavy (non-hydrogen) atoms. The maximum absolute atomic E-state index is 11.2. The fourth-order valence-electron chi connectivity index (χ4n) is 4.87. The molecular weight excluding hydrogens is 300 g/mol. The van der Waals surface area contributed by atoms with E-state index in [0.717, 1.165) is 19.1 Å². The Balaban J connectivity index is 2.70. The average molecular weight is 341 g/mol. The first-order valence-electron chi connectivity index (χ1n) is 9.41. The second-order valence-electron chi connectivity index (χ2n) is 10.8. The molecule has 1 heterocycles. The summed E-state index contributed by atoms with van der Waals surface area (Å²) in [5.41, 5.74) is -0.142. The summed E-state index contributed by atoms with van der Waals surface area (Å²) in [6, 6.07) is 0. The highest BCUT2D eigenvalue weighted by Gasteiger charge is 2.37. The third kappa shape index (κ3) is 7.65. The van der Waals surface area contributed by atoms with Crippen molar-refractivity contribution in [2.24, 2.45) is 16.2 Å². The van der Waals surface area contributed by atoms with E-state index < -0.39 is 0 Å². The highest BCUT2D eigenvalue weighted by atomic mass is 16.5. The van der Waals surface area contributed by atoms with Gasteiger partial charge in [-0.15, -0.1) is 0 Å². The molecule has 0 aromatic rings. The van der Waals surface area contributed by atoms with E-state index in [1.807, 2.05) is 13.8 Å². The van der Waals surface area contributed by atoms with Gasteiger partial charge in [0.1, 0.15) is 6.29 Å². The third-order valence-corrected chi connectivity index (χ3v) is 4.86. The summed E-state index contributed by atoms with van der Waals surface area (Å²) >= 11 is 0. The van der Waals surface area contributed by atoms with Crippen LogP contribution in [-0.4, -0.2) is 30.7 Å². The number of hydrogen-bond donors (Lipinski definition) is 0. The van der Waals surface area contributed by atoms with Crippen LogP contribution in [0.15, 0.2) is 0 Å². The van der Waals surface area contributed by atoms with Crippen LogP contribution in [0.3, 0.4) is 0 Å². The quantitative estimate of drug-likeness (QED) is 0.607. The highest BCUT2D eigenvalue weighted by Crippen LogP contribution is 2.43.